The van der Waals surface area contributed by atoms with Crippen LogP contribution in [0.5, 0.6) is 0 Å². The monoisotopic (exact) mass is 182 g/mol. The average Bonchev–Trinajstić information content (AvgIpc) is 2.47. The number of carbonyl (C=O) groups is 1. The minimum Gasteiger partial charge on any atom is -0.300 e. The van der Waals surface area contributed by atoms with Gasteiger partial charge in [0.2, 0.25) is 0 Å². The molecule has 12 heavy (non-hydrogen) atoms. The Morgan fingerprint density at radius 1 is 1.50 bits per heavy atom. The largest absolute Gasteiger partial charge is 0.300 e. The summed E-state index contributed by atoms with van der Waals surface area (Å²) >= 11 is 1.79. The van der Waals surface area contributed by atoms with Crippen LogP contribution in [0.2, 0.25) is 0 Å². The predicted octanol–water partition coefficient (Wildman–Crippen LogP) is 2.97. The number of ketones is 1. The van der Waals surface area contributed by atoms with E-state index in [9.17, 15) is 4.79 Å². The summed E-state index contributed by atoms with van der Waals surface area (Å²) in [6.45, 7) is 4.01. The van der Waals surface area contributed by atoms with E-state index in [0.717, 1.165) is 6.42 Å². The normalized spacial score (nSPS) is 10.2. The van der Waals surface area contributed by atoms with Gasteiger partial charge in [-0.25, -0.2) is 0 Å². The van der Waals surface area contributed by atoms with Crippen molar-refractivity contribution in [3.8, 4) is 0 Å². The Hall–Kier alpha value is -0.630. The first-order valence-corrected chi connectivity index (χ1v) is 5.11. The van der Waals surface area contributed by atoms with Crippen LogP contribution in [0.25, 0.3) is 0 Å². The molecule has 0 N–H and O–H groups in total. The number of hydrogen-bond acceptors (Lipinski definition) is 2. The van der Waals surface area contributed by atoms with Crippen molar-refractivity contribution in [3.05, 3.63) is 21.9 Å². The highest BCUT2D eigenvalue weighted by atomic mass is 32.1. The van der Waals surface area contributed by atoms with E-state index in [2.05, 4.69) is 19.1 Å². The molecule has 0 unspecified atom stereocenters. The Morgan fingerprint density at radius 2 is 2.25 bits per heavy atom. The number of carbonyl (C=O) groups excluding carboxylic acids is 1. The second kappa shape index (κ2) is 4.41. The molecule has 0 aliphatic rings. The highest BCUT2D eigenvalue weighted by molar-refractivity contribution is 7.11. The van der Waals surface area contributed by atoms with E-state index >= 15 is 0 Å². The molecule has 0 atom stereocenters. The van der Waals surface area contributed by atoms with Gasteiger partial charge >= 0.3 is 0 Å². The summed E-state index contributed by atoms with van der Waals surface area (Å²) in [7, 11) is 0. The van der Waals surface area contributed by atoms with Crippen molar-refractivity contribution in [2.75, 3.05) is 0 Å². The number of aryl methyl sites for hydroxylation is 2. The molecular formula is C10H14OS. The summed E-state index contributed by atoms with van der Waals surface area (Å²) in [6.07, 6.45) is 2.30. The molecule has 0 aromatic carbocycles. The zero-order valence-corrected chi connectivity index (χ0v) is 8.41. The van der Waals surface area contributed by atoms with Gasteiger partial charge in [-0.15, -0.1) is 11.3 Å². The molecule has 2 heteroatoms. The third-order valence-electron chi connectivity index (χ3n) is 1.84. The zero-order valence-electron chi connectivity index (χ0n) is 7.59. The molecule has 1 heterocycles. The molecule has 0 bridgehead atoms. The van der Waals surface area contributed by atoms with Gasteiger partial charge in [0.25, 0.3) is 0 Å². The van der Waals surface area contributed by atoms with Crippen LogP contribution in [0.4, 0.5) is 0 Å². The molecule has 1 nitrogen and oxygen atoms in total. The fraction of sp³-hybridized carbons (Fsp3) is 0.500. The molecular weight excluding hydrogens is 168 g/mol. The summed E-state index contributed by atoms with van der Waals surface area (Å²) < 4.78 is 0. The molecule has 1 aromatic rings. The van der Waals surface area contributed by atoms with E-state index in [1.54, 1.807) is 11.3 Å². The van der Waals surface area contributed by atoms with Crippen LogP contribution in [0.1, 0.15) is 29.5 Å². The minimum absolute atomic E-state index is 0.362. The van der Waals surface area contributed by atoms with Crippen LogP contribution < -0.4 is 0 Å². The first-order valence-electron chi connectivity index (χ1n) is 4.29. The van der Waals surface area contributed by atoms with Crippen molar-refractivity contribution in [2.45, 2.75) is 33.1 Å². The van der Waals surface area contributed by atoms with E-state index in [-0.39, 0.29) is 0 Å². The predicted molar refractivity (Wildman–Crippen MR) is 52.7 cm³/mol. The van der Waals surface area contributed by atoms with E-state index in [4.69, 9.17) is 0 Å². The van der Waals surface area contributed by atoms with Crippen molar-refractivity contribution in [3.63, 3.8) is 0 Å². The summed E-state index contributed by atoms with van der Waals surface area (Å²) in [5, 5.41) is 0. The van der Waals surface area contributed by atoms with Gasteiger partial charge in [-0.2, -0.15) is 0 Å². The highest BCUT2D eigenvalue weighted by Crippen LogP contribution is 2.16. The van der Waals surface area contributed by atoms with Crippen LogP contribution in [-0.4, -0.2) is 5.78 Å². The van der Waals surface area contributed by atoms with E-state index in [1.165, 1.54) is 9.75 Å². The Bertz CT molecular complexity index is 263. The third kappa shape index (κ3) is 2.78. The maximum absolute atomic E-state index is 11.0. The van der Waals surface area contributed by atoms with Crippen LogP contribution >= 0.6 is 11.3 Å². The second-order valence-corrected chi connectivity index (χ2v) is 4.28. The van der Waals surface area contributed by atoms with Gasteiger partial charge in [0.05, 0.1) is 0 Å². The Kier molecular flexibility index (Phi) is 3.48. The molecule has 0 saturated carbocycles. The lowest BCUT2D eigenvalue weighted by Crippen LogP contribution is -1.95. The van der Waals surface area contributed by atoms with Gasteiger partial charge in [0.1, 0.15) is 5.78 Å². The molecule has 0 aliphatic heterocycles. The molecule has 0 amide bonds. The van der Waals surface area contributed by atoms with Gasteiger partial charge in [0, 0.05) is 22.6 Å². The zero-order chi connectivity index (χ0) is 8.97. The van der Waals surface area contributed by atoms with Crippen LogP contribution in [0.15, 0.2) is 12.1 Å². The van der Waals surface area contributed by atoms with Crippen molar-refractivity contribution in [2.24, 2.45) is 0 Å². The maximum Gasteiger partial charge on any atom is 0.132 e. The topological polar surface area (TPSA) is 17.1 Å². The standard InChI is InChI=1S/C10H14OS/c1-3-9(11)5-7-10-6-4-8(2)12-10/h4,6H,3,5,7H2,1-2H3. The lowest BCUT2D eigenvalue weighted by atomic mass is 10.1. The van der Waals surface area contributed by atoms with Gasteiger partial charge in [-0.3, -0.25) is 4.79 Å². The maximum atomic E-state index is 11.0. The first-order chi connectivity index (χ1) is 5.72. The van der Waals surface area contributed by atoms with Crippen molar-refractivity contribution in [1.29, 1.82) is 0 Å². The minimum atomic E-state index is 0.362. The number of thiophene rings is 1. The molecule has 1 rings (SSSR count). The summed E-state index contributed by atoms with van der Waals surface area (Å²) in [6, 6.07) is 4.22. The Balaban J connectivity index is 2.38. The first kappa shape index (κ1) is 9.46. The lowest BCUT2D eigenvalue weighted by molar-refractivity contribution is -0.118. The van der Waals surface area contributed by atoms with Gasteiger partial charge in [0.15, 0.2) is 0 Å². The fourth-order valence-electron chi connectivity index (χ4n) is 1.06. The summed E-state index contributed by atoms with van der Waals surface area (Å²) in [4.78, 5) is 13.7. The molecule has 66 valence electrons. The Morgan fingerprint density at radius 3 is 2.75 bits per heavy atom. The van der Waals surface area contributed by atoms with Crippen LogP contribution in [0.3, 0.4) is 0 Å². The third-order valence-corrected chi connectivity index (χ3v) is 2.90. The van der Waals surface area contributed by atoms with Gasteiger partial charge < -0.3 is 0 Å². The smallest absolute Gasteiger partial charge is 0.132 e. The SMILES string of the molecule is CCC(=O)CCc1ccc(C)s1. The average molecular weight is 182 g/mol. The molecule has 0 aliphatic carbocycles. The molecule has 0 radical (unpaired) electrons. The van der Waals surface area contributed by atoms with E-state index in [0.29, 0.717) is 18.6 Å². The van der Waals surface area contributed by atoms with E-state index < -0.39 is 0 Å². The Labute approximate surface area is 77.4 Å². The van der Waals surface area contributed by atoms with Crippen molar-refractivity contribution in [1.82, 2.24) is 0 Å². The molecule has 0 saturated heterocycles. The number of rotatable bonds is 4. The van der Waals surface area contributed by atoms with Crippen LogP contribution in [0, 0.1) is 6.92 Å². The summed E-state index contributed by atoms with van der Waals surface area (Å²) in [5.74, 6) is 0.362. The quantitative estimate of drug-likeness (QED) is 0.699. The van der Waals surface area contributed by atoms with Crippen LogP contribution in [-0.2, 0) is 11.2 Å². The number of hydrogen-bond donors (Lipinski definition) is 0. The molecule has 1 aromatic heterocycles. The fourth-order valence-corrected chi connectivity index (χ4v) is 1.95. The van der Waals surface area contributed by atoms with Gasteiger partial charge in [-0.1, -0.05) is 6.92 Å². The van der Waals surface area contributed by atoms with Gasteiger partial charge in [-0.05, 0) is 25.5 Å². The number of Topliss-reactive ketones (excluding diaryl/α,β-unsaturated/α-hetero) is 1. The highest BCUT2D eigenvalue weighted by Gasteiger charge is 2.00. The molecule has 0 fully saturated rings. The van der Waals surface area contributed by atoms with Crippen molar-refractivity contribution >= 4 is 17.1 Å². The van der Waals surface area contributed by atoms with E-state index in [1.807, 2.05) is 6.92 Å². The lowest BCUT2D eigenvalue weighted by Gasteiger charge is -1.94. The second-order valence-electron chi connectivity index (χ2n) is 2.90. The summed E-state index contributed by atoms with van der Waals surface area (Å²) in [5.41, 5.74) is 0. The molecule has 0 spiro atoms. The van der Waals surface area contributed by atoms with Crippen molar-refractivity contribution < 1.29 is 4.79 Å².